The quantitative estimate of drug-likeness (QED) is 0.334. The second-order valence-electron chi connectivity index (χ2n) is 7.16. The molecule has 4 rings (SSSR count). The molecule has 1 amide bonds. The molecule has 0 aliphatic heterocycles. The Labute approximate surface area is 187 Å². The molecule has 1 N–H and O–H groups in total. The Morgan fingerprint density at radius 1 is 1.03 bits per heavy atom. The number of nitrogens with one attached hydrogen (secondary N) is 1. The van der Waals surface area contributed by atoms with E-state index in [1.54, 1.807) is 18.2 Å². The van der Waals surface area contributed by atoms with E-state index in [0.717, 1.165) is 17.9 Å². The van der Waals surface area contributed by atoms with Gasteiger partial charge in [-0.05, 0) is 55.0 Å². The van der Waals surface area contributed by atoms with E-state index in [1.807, 2.05) is 30.3 Å². The van der Waals surface area contributed by atoms with Crippen molar-refractivity contribution in [3.63, 3.8) is 0 Å². The van der Waals surface area contributed by atoms with Crippen LogP contribution in [0.2, 0.25) is 0 Å². The summed E-state index contributed by atoms with van der Waals surface area (Å²) < 4.78 is 51.1. The van der Waals surface area contributed by atoms with Gasteiger partial charge in [-0.3, -0.25) is 4.79 Å². The van der Waals surface area contributed by atoms with Gasteiger partial charge in [0.2, 0.25) is 5.91 Å². The summed E-state index contributed by atoms with van der Waals surface area (Å²) >= 11 is 0. The number of rotatable bonds is 8. The second-order valence-corrected chi connectivity index (χ2v) is 7.16. The summed E-state index contributed by atoms with van der Waals surface area (Å²) in [5, 5.41) is 7.18. The van der Waals surface area contributed by atoms with Gasteiger partial charge in [-0.1, -0.05) is 18.2 Å². The van der Waals surface area contributed by atoms with Crippen molar-refractivity contribution in [2.24, 2.45) is 0 Å². The standard InChI is InChI=1S/C24H20F3N3O3/c25-24(26,27)17-10-12-18(13-11-17)30-22(16-20(29-30)21-8-4-15-33-21)28-23(31)9-5-14-32-19-6-2-1-3-7-19/h1-4,6-8,10-13,15-16H,5,9,14H2,(H,28,31). The summed E-state index contributed by atoms with van der Waals surface area (Å²) in [6.45, 7) is 0.368. The van der Waals surface area contributed by atoms with Crippen molar-refractivity contribution >= 4 is 11.7 Å². The number of furan rings is 1. The Hall–Kier alpha value is -4.01. The van der Waals surface area contributed by atoms with Gasteiger partial charge in [0.1, 0.15) is 17.3 Å². The monoisotopic (exact) mass is 455 g/mol. The van der Waals surface area contributed by atoms with Crippen LogP contribution in [0, 0.1) is 0 Å². The lowest BCUT2D eigenvalue weighted by atomic mass is 10.2. The number of hydrogen-bond acceptors (Lipinski definition) is 4. The Morgan fingerprint density at radius 3 is 2.45 bits per heavy atom. The van der Waals surface area contributed by atoms with Gasteiger partial charge in [-0.2, -0.15) is 18.3 Å². The molecule has 0 bridgehead atoms. The maximum Gasteiger partial charge on any atom is 0.416 e. The smallest absolute Gasteiger partial charge is 0.416 e. The maximum absolute atomic E-state index is 12.9. The molecule has 0 saturated heterocycles. The molecule has 2 aromatic carbocycles. The summed E-state index contributed by atoms with van der Waals surface area (Å²) in [5.41, 5.74) is 0.0276. The minimum atomic E-state index is -4.44. The molecule has 0 fully saturated rings. The largest absolute Gasteiger partial charge is 0.494 e. The third-order valence-corrected chi connectivity index (χ3v) is 4.75. The van der Waals surface area contributed by atoms with Gasteiger partial charge in [0.25, 0.3) is 0 Å². The van der Waals surface area contributed by atoms with E-state index in [-0.39, 0.29) is 12.3 Å². The first-order valence-corrected chi connectivity index (χ1v) is 10.2. The lowest BCUT2D eigenvalue weighted by Gasteiger charge is -2.11. The van der Waals surface area contributed by atoms with Crippen LogP contribution >= 0.6 is 0 Å². The molecule has 6 nitrogen and oxygen atoms in total. The first-order valence-electron chi connectivity index (χ1n) is 10.2. The van der Waals surface area contributed by atoms with Crippen LogP contribution in [-0.2, 0) is 11.0 Å². The number of alkyl halides is 3. The van der Waals surface area contributed by atoms with Crippen LogP contribution < -0.4 is 10.1 Å². The van der Waals surface area contributed by atoms with Crippen LogP contribution in [0.4, 0.5) is 19.0 Å². The van der Waals surface area contributed by atoms with Gasteiger partial charge >= 0.3 is 6.18 Å². The molecule has 4 aromatic rings. The number of anilines is 1. The number of nitrogens with zero attached hydrogens (tertiary/aromatic N) is 2. The maximum atomic E-state index is 12.9. The van der Waals surface area contributed by atoms with E-state index < -0.39 is 11.7 Å². The zero-order chi connectivity index (χ0) is 23.3. The second kappa shape index (κ2) is 9.64. The van der Waals surface area contributed by atoms with Gasteiger partial charge < -0.3 is 14.5 Å². The van der Waals surface area contributed by atoms with Crippen molar-refractivity contribution in [2.45, 2.75) is 19.0 Å². The first-order chi connectivity index (χ1) is 15.9. The summed E-state index contributed by atoms with van der Waals surface area (Å²) in [5.74, 6) is 1.23. The molecular formula is C24H20F3N3O3. The zero-order valence-corrected chi connectivity index (χ0v) is 17.4. The normalized spacial score (nSPS) is 11.4. The number of para-hydroxylation sites is 1. The molecule has 0 atom stereocenters. The molecular weight excluding hydrogens is 435 g/mol. The highest BCUT2D eigenvalue weighted by atomic mass is 19.4. The number of ether oxygens (including phenoxy) is 1. The van der Waals surface area contributed by atoms with Gasteiger partial charge in [0.05, 0.1) is 24.1 Å². The molecule has 2 heterocycles. The van der Waals surface area contributed by atoms with E-state index in [9.17, 15) is 18.0 Å². The predicted molar refractivity (Wildman–Crippen MR) is 116 cm³/mol. The zero-order valence-electron chi connectivity index (χ0n) is 17.4. The van der Waals surface area contributed by atoms with E-state index in [2.05, 4.69) is 10.4 Å². The summed E-state index contributed by atoms with van der Waals surface area (Å²) in [6.07, 6.45) is -2.28. The molecule has 0 spiro atoms. The van der Waals surface area contributed by atoms with E-state index in [4.69, 9.17) is 9.15 Å². The lowest BCUT2D eigenvalue weighted by Crippen LogP contribution is -2.16. The molecule has 0 saturated carbocycles. The Bertz CT molecular complexity index is 1190. The van der Waals surface area contributed by atoms with Crippen LogP contribution in [0.1, 0.15) is 18.4 Å². The predicted octanol–water partition coefficient (Wildman–Crippen LogP) is 5.95. The highest BCUT2D eigenvalue weighted by Gasteiger charge is 2.30. The van der Waals surface area contributed by atoms with Crippen molar-refractivity contribution in [3.8, 4) is 22.9 Å². The Kier molecular flexibility index (Phi) is 6.48. The highest BCUT2D eigenvalue weighted by molar-refractivity contribution is 5.90. The fourth-order valence-electron chi connectivity index (χ4n) is 3.15. The van der Waals surface area contributed by atoms with E-state index in [1.165, 1.54) is 23.1 Å². The van der Waals surface area contributed by atoms with Crippen molar-refractivity contribution in [1.29, 1.82) is 0 Å². The van der Waals surface area contributed by atoms with Crippen LogP contribution in [0.5, 0.6) is 5.75 Å². The topological polar surface area (TPSA) is 69.3 Å². The molecule has 33 heavy (non-hydrogen) atoms. The first kappa shape index (κ1) is 22.2. The number of halogens is 3. The third-order valence-electron chi connectivity index (χ3n) is 4.75. The number of carbonyl (C=O) groups is 1. The van der Waals surface area contributed by atoms with Crippen molar-refractivity contribution in [3.05, 3.63) is 84.6 Å². The minimum Gasteiger partial charge on any atom is -0.494 e. The van der Waals surface area contributed by atoms with Crippen LogP contribution in [0.25, 0.3) is 17.1 Å². The molecule has 0 aliphatic carbocycles. The average molecular weight is 455 g/mol. The number of carbonyl (C=O) groups excluding carboxylic acids is 1. The van der Waals surface area contributed by atoms with Crippen LogP contribution in [0.15, 0.2) is 83.5 Å². The van der Waals surface area contributed by atoms with Crippen molar-refractivity contribution in [1.82, 2.24) is 9.78 Å². The molecule has 170 valence electrons. The van der Waals surface area contributed by atoms with Gasteiger partial charge in [-0.15, -0.1) is 0 Å². The fraction of sp³-hybridized carbons (Fsp3) is 0.167. The van der Waals surface area contributed by atoms with E-state index in [0.29, 0.717) is 36.0 Å². The summed E-state index contributed by atoms with van der Waals surface area (Å²) in [7, 11) is 0. The fourth-order valence-corrected chi connectivity index (χ4v) is 3.15. The van der Waals surface area contributed by atoms with Crippen molar-refractivity contribution in [2.75, 3.05) is 11.9 Å². The van der Waals surface area contributed by atoms with Crippen LogP contribution in [-0.4, -0.2) is 22.3 Å². The number of aromatic nitrogens is 2. The third kappa shape index (κ3) is 5.62. The number of benzene rings is 2. The van der Waals surface area contributed by atoms with Gasteiger partial charge in [0.15, 0.2) is 5.76 Å². The molecule has 0 aliphatic rings. The SMILES string of the molecule is O=C(CCCOc1ccccc1)Nc1cc(-c2ccco2)nn1-c1ccc(C(F)(F)F)cc1. The molecule has 0 radical (unpaired) electrons. The lowest BCUT2D eigenvalue weighted by molar-refractivity contribution is -0.137. The number of hydrogen-bond donors (Lipinski definition) is 1. The Morgan fingerprint density at radius 2 is 1.79 bits per heavy atom. The van der Waals surface area contributed by atoms with Gasteiger partial charge in [-0.25, -0.2) is 4.68 Å². The van der Waals surface area contributed by atoms with E-state index >= 15 is 0 Å². The average Bonchev–Trinajstić information content (AvgIpc) is 3.47. The Balaban J connectivity index is 1.47. The molecule has 0 unspecified atom stereocenters. The minimum absolute atomic E-state index is 0.196. The summed E-state index contributed by atoms with van der Waals surface area (Å²) in [6, 6.07) is 18.8. The molecule has 9 heteroatoms. The summed E-state index contributed by atoms with van der Waals surface area (Å²) in [4.78, 5) is 12.5. The highest BCUT2D eigenvalue weighted by Crippen LogP contribution is 2.31. The molecule has 2 aromatic heterocycles. The number of amides is 1. The van der Waals surface area contributed by atoms with Crippen LogP contribution in [0.3, 0.4) is 0 Å². The van der Waals surface area contributed by atoms with Gasteiger partial charge in [0, 0.05) is 12.5 Å². The van der Waals surface area contributed by atoms with Crippen molar-refractivity contribution < 1.29 is 27.1 Å².